The fraction of sp³-hybridized carbons (Fsp3) is 0.364. The number of hydrogen-bond acceptors (Lipinski definition) is 5. The Balaban J connectivity index is 3.04. The Bertz CT molecular complexity index is 538. The van der Waals surface area contributed by atoms with Crippen LogP contribution in [0.5, 0.6) is 5.75 Å². The number of sulfonamides is 1. The van der Waals surface area contributed by atoms with Crippen LogP contribution in [0.1, 0.15) is 5.56 Å². The van der Waals surface area contributed by atoms with Crippen LogP contribution in [0.25, 0.3) is 0 Å². The largest absolute Gasteiger partial charge is 0.495 e. The predicted molar refractivity (Wildman–Crippen MR) is 64.9 cm³/mol. The van der Waals surface area contributed by atoms with Gasteiger partial charge in [-0.15, -0.1) is 0 Å². The van der Waals surface area contributed by atoms with Crippen LogP contribution in [0.3, 0.4) is 0 Å². The van der Waals surface area contributed by atoms with Crippen molar-refractivity contribution in [1.29, 1.82) is 0 Å². The van der Waals surface area contributed by atoms with Gasteiger partial charge in [0.05, 0.1) is 14.2 Å². The highest BCUT2D eigenvalue weighted by Gasteiger charge is 2.20. The lowest BCUT2D eigenvalue weighted by molar-refractivity contribution is -0.139. The standard InChI is InChI=1S/C11H15NO5S/c1-8-4-5-9(16-2)10(6-8)18(14,15)12-7-11(13)17-3/h4-6,12H,7H2,1-3H3. The van der Waals surface area contributed by atoms with E-state index in [0.29, 0.717) is 0 Å². The van der Waals surface area contributed by atoms with E-state index in [9.17, 15) is 13.2 Å². The molecule has 0 saturated carbocycles. The number of methoxy groups -OCH3 is 2. The van der Waals surface area contributed by atoms with Gasteiger partial charge in [-0.3, -0.25) is 4.79 Å². The van der Waals surface area contributed by atoms with E-state index >= 15 is 0 Å². The number of hydrogen-bond donors (Lipinski definition) is 1. The minimum absolute atomic E-state index is 0.00565. The van der Waals surface area contributed by atoms with Crippen molar-refractivity contribution in [3.05, 3.63) is 23.8 Å². The summed E-state index contributed by atoms with van der Waals surface area (Å²) in [6.07, 6.45) is 0. The fourth-order valence-electron chi connectivity index (χ4n) is 1.30. The summed E-state index contributed by atoms with van der Waals surface area (Å²) in [5.41, 5.74) is 0.772. The predicted octanol–water partition coefficient (Wildman–Crippen LogP) is 0.455. The molecule has 7 heteroatoms. The van der Waals surface area contributed by atoms with Gasteiger partial charge in [0.1, 0.15) is 17.2 Å². The SMILES string of the molecule is COC(=O)CNS(=O)(=O)c1cc(C)ccc1OC. The van der Waals surface area contributed by atoms with Crippen molar-refractivity contribution < 1.29 is 22.7 Å². The van der Waals surface area contributed by atoms with Crippen LogP contribution in [0.2, 0.25) is 0 Å². The van der Waals surface area contributed by atoms with Crippen LogP contribution in [0.15, 0.2) is 23.1 Å². The topological polar surface area (TPSA) is 81.7 Å². The molecule has 0 spiro atoms. The van der Waals surface area contributed by atoms with Crippen molar-refractivity contribution in [2.24, 2.45) is 0 Å². The average Bonchev–Trinajstić information content (AvgIpc) is 2.36. The monoisotopic (exact) mass is 273 g/mol. The van der Waals surface area contributed by atoms with E-state index < -0.39 is 22.5 Å². The number of nitrogens with one attached hydrogen (secondary N) is 1. The van der Waals surface area contributed by atoms with Crippen LogP contribution in [0, 0.1) is 6.92 Å². The number of carbonyl (C=O) groups excluding carboxylic acids is 1. The second-order valence-corrected chi connectivity index (χ2v) is 5.29. The van der Waals surface area contributed by atoms with Crippen molar-refractivity contribution >= 4 is 16.0 Å². The number of benzene rings is 1. The molecule has 1 N–H and O–H groups in total. The highest BCUT2D eigenvalue weighted by Crippen LogP contribution is 2.24. The van der Waals surface area contributed by atoms with E-state index in [1.54, 1.807) is 19.1 Å². The van der Waals surface area contributed by atoms with E-state index in [4.69, 9.17) is 4.74 Å². The maximum Gasteiger partial charge on any atom is 0.320 e. The minimum Gasteiger partial charge on any atom is -0.495 e. The molecular formula is C11H15NO5S. The third-order valence-corrected chi connectivity index (χ3v) is 3.67. The molecule has 0 aliphatic heterocycles. The maximum absolute atomic E-state index is 12.0. The van der Waals surface area contributed by atoms with Crippen molar-refractivity contribution in [2.75, 3.05) is 20.8 Å². The van der Waals surface area contributed by atoms with Gasteiger partial charge in [-0.1, -0.05) is 6.07 Å². The molecule has 0 aromatic heterocycles. The number of aryl methyl sites for hydroxylation is 1. The second kappa shape index (κ2) is 5.83. The van der Waals surface area contributed by atoms with Crippen molar-refractivity contribution in [2.45, 2.75) is 11.8 Å². The zero-order chi connectivity index (χ0) is 13.8. The van der Waals surface area contributed by atoms with Crippen LogP contribution < -0.4 is 9.46 Å². The first-order valence-electron chi connectivity index (χ1n) is 5.12. The molecule has 0 unspecified atom stereocenters. The zero-order valence-corrected chi connectivity index (χ0v) is 11.2. The van der Waals surface area contributed by atoms with Gasteiger partial charge in [0.25, 0.3) is 0 Å². The maximum atomic E-state index is 12.0. The molecule has 0 aliphatic rings. The number of esters is 1. The molecule has 1 aromatic rings. The highest BCUT2D eigenvalue weighted by atomic mass is 32.2. The van der Waals surface area contributed by atoms with E-state index in [1.807, 2.05) is 0 Å². The molecule has 6 nitrogen and oxygen atoms in total. The van der Waals surface area contributed by atoms with Gasteiger partial charge in [-0.05, 0) is 24.6 Å². The van der Waals surface area contributed by atoms with Gasteiger partial charge < -0.3 is 9.47 Å². The molecular weight excluding hydrogens is 258 g/mol. The Morgan fingerprint density at radius 1 is 1.33 bits per heavy atom. The Labute approximate surface area is 106 Å². The minimum atomic E-state index is -3.81. The Morgan fingerprint density at radius 3 is 2.56 bits per heavy atom. The molecule has 0 radical (unpaired) electrons. The molecule has 0 heterocycles. The third-order valence-electron chi connectivity index (χ3n) is 2.24. The van der Waals surface area contributed by atoms with Gasteiger partial charge in [-0.2, -0.15) is 4.72 Å². The Hall–Kier alpha value is -1.60. The lowest BCUT2D eigenvalue weighted by Crippen LogP contribution is -2.30. The van der Waals surface area contributed by atoms with Gasteiger partial charge in [0.2, 0.25) is 10.0 Å². The van der Waals surface area contributed by atoms with Gasteiger partial charge in [-0.25, -0.2) is 8.42 Å². The normalized spacial score (nSPS) is 11.1. The first kappa shape index (κ1) is 14.5. The highest BCUT2D eigenvalue weighted by molar-refractivity contribution is 7.89. The number of ether oxygens (including phenoxy) is 2. The lowest BCUT2D eigenvalue weighted by Gasteiger charge is -2.10. The quantitative estimate of drug-likeness (QED) is 0.788. The lowest BCUT2D eigenvalue weighted by atomic mass is 10.2. The van der Waals surface area contributed by atoms with Crippen LogP contribution >= 0.6 is 0 Å². The summed E-state index contributed by atoms with van der Waals surface area (Å²) in [6.45, 7) is 1.34. The molecule has 0 atom stereocenters. The fourth-order valence-corrected chi connectivity index (χ4v) is 2.52. The van der Waals surface area contributed by atoms with E-state index in [2.05, 4.69) is 9.46 Å². The molecule has 1 aromatic carbocycles. The van der Waals surface area contributed by atoms with Crippen molar-refractivity contribution in [3.8, 4) is 5.75 Å². The van der Waals surface area contributed by atoms with Gasteiger partial charge in [0.15, 0.2) is 0 Å². The summed E-state index contributed by atoms with van der Waals surface area (Å²) in [4.78, 5) is 10.9. The van der Waals surface area contributed by atoms with E-state index in [0.717, 1.165) is 5.56 Å². The average molecular weight is 273 g/mol. The third kappa shape index (κ3) is 3.44. The molecule has 18 heavy (non-hydrogen) atoms. The first-order chi connectivity index (χ1) is 8.40. The molecule has 0 fully saturated rings. The van der Waals surface area contributed by atoms with Crippen molar-refractivity contribution in [1.82, 2.24) is 4.72 Å². The Kier molecular flexibility index (Phi) is 4.69. The van der Waals surface area contributed by atoms with E-state index in [-0.39, 0.29) is 10.6 Å². The number of carbonyl (C=O) groups is 1. The first-order valence-corrected chi connectivity index (χ1v) is 6.60. The smallest absolute Gasteiger partial charge is 0.320 e. The molecule has 0 bridgehead atoms. The second-order valence-electron chi connectivity index (χ2n) is 3.55. The van der Waals surface area contributed by atoms with Crippen LogP contribution in [-0.2, 0) is 19.6 Å². The summed E-state index contributed by atoms with van der Waals surface area (Å²) in [5, 5.41) is 0. The molecule has 0 aliphatic carbocycles. The summed E-state index contributed by atoms with van der Waals surface area (Å²) in [6, 6.07) is 4.76. The van der Waals surface area contributed by atoms with E-state index in [1.165, 1.54) is 20.3 Å². The summed E-state index contributed by atoms with van der Waals surface area (Å²) in [7, 11) is -1.24. The summed E-state index contributed by atoms with van der Waals surface area (Å²) in [5.74, 6) is -0.442. The zero-order valence-electron chi connectivity index (χ0n) is 10.4. The summed E-state index contributed by atoms with van der Waals surface area (Å²) >= 11 is 0. The molecule has 1 rings (SSSR count). The van der Waals surface area contributed by atoms with Crippen LogP contribution in [-0.4, -0.2) is 35.2 Å². The molecule has 100 valence electrons. The van der Waals surface area contributed by atoms with Gasteiger partial charge >= 0.3 is 5.97 Å². The van der Waals surface area contributed by atoms with Crippen molar-refractivity contribution in [3.63, 3.8) is 0 Å². The molecule has 0 saturated heterocycles. The van der Waals surface area contributed by atoms with Crippen LogP contribution in [0.4, 0.5) is 0 Å². The summed E-state index contributed by atoms with van der Waals surface area (Å²) < 4.78 is 35.5. The molecule has 0 amide bonds. The number of rotatable bonds is 5. The Morgan fingerprint density at radius 2 is 2.00 bits per heavy atom. The van der Waals surface area contributed by atoms with Gasteiger partial charge in [0, 0.05) is 0 Å².